The molecule has 1 amide bonds. The van der Waals surface area contributed by atoms with Crippen LogP contribution in [0.15, 0.2) is 18.7 Å². The molecule has 0 radical (unpaired) electrons. The zero-order chi connectivity index (χ0) is 19.7. The van der Waals surface area contributed by atoms with E-state index in [-0.39, 0.29) is 6.54 Å². The number of nitrogens with one attached hydrogen (secondary N) is 1. The number of carbonyl (C=O) groups excluding carboxylic acids is 1. The molecule has 11 nitrogen and oxygen atoms in total. The maximum absolute atomic E-state index is 12.9. The molecule has 0 aliphatic carbocycles. The molecule has 0 unspecified atom stereocenters. The van der Waals surface area contributed by atoms with Crippen molar-refractivity contribution < 1.29 is 18.3 Å². The lowest BCUT2D eigenvalue weighted by Gasteiger charge is -2.27. The van der Waals surface area contributed by atoms with Gasteiger partial charge in [0.2, 0.25) is 11.9 Å². The Labute approximate surface area is 157 Å². The van der Waals surface area contributed by atoms with Gasteiger partial charge in [-0.25, -0.2) is 9.67 Å². The number of anilines is 2. The van der Waals surface area contributed by atoms with Gasteiger partial charge in [0.25, 0.3) is 0 Å². The second-order valence-corrected chi connectivity index (χ2v) is 6.03. The van der Waals surface area contributed by atoms with Crippen LogP contribution < -0.4 is 16.0 Å². The number of aromatic nitrogens is 6. The summed E-state index contributed by atoms with van der Waals surface area (Å²) in [7, 11) is 0. The fourth-order valence-corrected chi connectivity index (χ4v) is 2.84. The lowest BCUT2D eigenvalue weighted by atomic mass is 10.4. The Bertz CT molecular complexity index is 997. The van der Waals surface area contributed by atoms with E-state index < -0.39 is 12.5 Å². The van der Waals surface area contributed by atoms with E-state index in [0.29, 0.717) is 59.6 Å². The van der Waals surface area contributed by atoms with Crippen LogP contribution in [-0.4, -0.2) is 68.1 Å². The van der Waals surface area contributed by atoms with Crippen LogP contribution in [-0.2, 0) is 9.53 Å². The fourth-order valence-electron chi connectivity index (χ4n) is 2.84. The van der Waals surface area contributed by atoms with Crippen LogP contribution >= 0.6 is 0 Å². The van der Waals surface area contributed by atoms with Crippen molar-refractivity contribution >= 4 is 28.8 Å². The van der Waals surface area contributed by atoms with Crippen molar-refractivity contribution in [1.29, 1.82) is 0 Å². The smallest absolute Gasteiger partial charge is 0.333 e. The SMILES string of the molecule is NC(=O)CNc1nc(N2CCOCC2)nc2c1ncn2-c1cnn(C(F)F)c1. The van der Waals surface area contributed by atoms with Crippen LogP contribution in [0.2, 0.25) is 0 Å². The minimum atomic E-state index is -2.75. The second kappa shape index (κ2) is 7.34. The van der Waals surface area contributed by atoms with Crippen LogP contribution in [0.3, 0.4) is 0 Å². The summed E-state index contributed by atoms with van der Waals surface area (Å²) in [5.41, 5.74) is 6.35. The van der Waals surface area contributed by atoms with E-state index in [0.717, 1.165) is 0 Å². The Morgan fingerprint density at radius 3 is 2.79 bits per heavy atom. The molecule has 3 N–H and O–H groups in total. The molecule has 1 aliphatic heterocycles. The van der Waals surface area contributed by atoms with E-state index >= 15 is 0 Å². The minimum Gasteiger partial charge on any atom is -0.378 e. The maximum atomic E-state index is 12.9. The molecule has 0 atom stereocenters. The highest BCUT2D eigenvalue weighted by Gasteiger charge is 2.20. The molecule has 1 aliphatic rings. The molecule has 4 heterocycles. The number of carbonyl (C=O) groups is 1. The van der Waals surface area contributed by atoms with E-state index in [1.807, 2.05) is 4.90 Å². The van der Waals surface area contributed by atoms with Gasteiger partial charge < -0.3 is 20.7 Å². The predicted octanol–water partition coefficient (Wildman–Crippen LogP) is 0.141. The van der Waals surface area contributed by atoms with Gasteiger partial charge in [-0.1, -0.05) is 0 Å². The number of alkyl halides is 2. The normalized spacial score (nSPS) is 14.8. The lowest BCUT2D eigenvalue weighted by molar-refractivity contribution is -0.116. The average molecular weight is 393 g/mol. The average Bonchev–Trinajstić information content (AvgIpc) is 3.33. The molecule has 4 rings (SSSR count). The summed E-state index contributed by atoms with van der Waals surface area (Å²) in [6, 6.07) is 0. The molecule has 3 aromatic heterocycles. The molecule has 13 heteroatoms. The summed E-state index contributed by atoms with van der Waals surface area (Å²) in [6.45, 7) is -0.631. The largest absolute Gasteiger partial charge is 0.378 e. The van der Waals surface area contributed by atoms with E-state index in [9.17, 15) is 13.6 Å². The number of fused-ring (bicyclic) bond motifs is 1. The highest BCUT2D eigenvalue weighted by Crippen LogP contribution is 2.25. The van der Waals surface area contributed by atoms with Crippen LogP contribution in [0.5, 0.6) is 0 Å². The molecule has 1 fully saturated rings. The first-order valence-electron chi connectivity index (χ1n) is 8.45. The van der Waals surface area contributed by atoms with Gasteiger partial charge >= 0.3 is 6.55 Å². The Kier molecular flexibility index (Phi) is 4.73. The van der Waals surface area contributed by atoms with Crippen molar-refractivity contribution in [3.63, 3.8) is 0 Å². The van der Waals surface area contributed by atoms with Gasteiger partial charge in [0, 0.05) is 13.1 Å². The third-order valence-corrected chi connectivity index (χ3v) is 4.17. The summed E-state index contributed by atoms with van der Waals surface area (Å²) in [5, 5.41) is 6.50. The lowest BCUT2D eigenvalue weighted by Crippen LogP contribution is -2.37. The van der Waals surface area contributed by atoms with Crippen molar-refractivity contribution in [2.24, 2.45) is 5.73 Å². The van der Waals surface area contributed by atoms with Crippen LogP contribution in [0.25, 0.3) is 16.9 Å². The zero-order valence-electron chi connectivity index (χ0n) is 14.6. The van der Waals surface area contributed by atoms with E-state index in [1.54, 1.807) is 0 Å². The number of halogens is 2. The topological polar surface area (TPSA) is 129 Å². The summed E-state index contributed by atoms with van der Waals surface area (Å²) in [5.74, 6) is 0.174. The first-order valence-corrected chi connectivity index (χ1v) is 8.45. The van der Waals surface area contributed by atoms with Gasteiger partial charge in [-0.3, -0.25) is 9.36 Å². The highest BCUT2D eigenvalue weighted by atomic mass is 19.3. The Morgan fingerprint density at radius 2 is 2.11 bits per heavy atom. The van der Waals surface area contributed by atoms with Crippen molar-refractivity contribution in [2.75, 3.05) is 43.1 Å². The number of nitrogens with two attached hydrogens (primary N) is 1. The molecular weight excluding hydrogens is 376 g/mol. The third kappa shape index (κ3) is 3.43. The number of primary amides is 1. The van der Waals surface area contributed by atoms with Crippen molar-refractivity contribution in [2.45, 2.75) is 6.55 Å². The zero-order valence-corrected chi connectivity index (χ0v) is 14.6. The fraction of sp³-hybridized carbons (Fsp3) is 0.400. The molecule has 1 saturated heterocycles. The Balaban J connectivity index is 1.80. The quantitative estimate of drug-likeness (QED) is 0.605. The van der Waals surface area contributed by atoms with Gasteiger partial charge in [-0.15, -0.1) is 0 Å². The Hall–Kier alpha value is -3.35. The predicted molar refractivity (Wildman–Crippen MR) is 94.4 cm³/mol. The number of hydrogen-bond acceptors (Lipinski definition) is 8. The minimum absolute atomic E-state index is 0.134. The molecular formula is C15H17F2N9O2. The summed E-state index contributed by atoms with van der Waals surface area (Å²) in [4.78, 5) is 26.4. The van der Waals surface area contributed by atoms with E-state index in [1.165, 1.54) is 23.3 Å². The van der Waals surface area contributed by atoms with Crippen molar-refractivity contribution in [3.05, 3.63) is 18.7 Å². The number of nitrogens with zero attached hydrogens (tertiary/aromatic N) is 7. The third-order valence-electron chi connectivity index (χ3n) is 4.17. The molecule has 28 heavy (non-hydrogen) atoms. The van der Waals surface area contributed by atoms with Gasteiger partial charge in [0.1, 0.15) is 6.33 Å². The number of rotatable bonds is 6. The number of hydrogen-bond donors (Lipinski definition) is 2. The van der Waals surface area contributed by atoms with Crippen LogP contribution in [0, 0.1) is 0 Å². The standard InChI is InChI=1S/C15H17F2N9O2/c16-14(17)26-7-9(5-21-26)25-8-20-11-12(19-6-10(18)27)22-15(23-13(11)25)24-1-3-28-4-2-24/h5,7-8,14H,1-4,6H2,(H2,18,27)(H,19,22,23). The van der Waals surface area contributed by atoms with Crippen LogP contribution in [0.4, 0.5) is 20.5 Å². The van der Waals surface area contributed by atoms with E-state index in [2.05, 4.69) is 25.4 Å². The van der Waals surface area contributed by atoms with E-state index in [4.69, 9.17) is 10.5 Å². The van der Waals surface area contributed by atoms with Crippen LogP contribution in [0.1, 0.15) is 6.55 Å². The number of imidazole rings is 1. The summed E-state index contributed by atoms with van der Waals surface area (Å²) in [6.07, 6.45) is 3.92. The van der Waals surface area contributed by atoms with Crippen molar-refractivity contribution in [1.82, 2.24) is 29.3 Å². The molecule has 0 bridgehead atoms. The number of ether oxygens (including phenoxy) is 1. The number of morpholine rings is 1. The van der Waals surface area contributed by atoms with Gasteiger partial charge in [-0.05, 0) is 0 Å². The first-order chi connectivity index (χ1) is 13.5. The first kappa shape index (κ1) is 18.0. The highest BCUT2D eigenvalue weighted by molar-refractivity contribution is 5.88. The van der Waals surface area contributed by atoms with Gasteiger partial charge in [-0.2, -0.15) is 23.8 Å². The van der Waals surface area contributed by atoms with Gasteiger partial charge in [0.15, 0.2) is 17.0 Å². The monoisotopic (exact) mass is 393 g/mol. The Morgan fingerprint density at radius 1 is 1.32 bits per heavy atom. The molecule has 148 valence electrons. The number of amides is 1. The molecule has 0 spiro atoms. The summed E-state index contributed by atoms with van der Waals surface area (Å²) < 4.78 is 33.1. The van der Waals surface area contributed by atoms with Crippen molar-refractivity contribution in [3.8, 4) is 5.69 Å². The molecule has 0 aromatic carbocycles. The molecule has 3 aromatic rings. The second-order valence-electron chi connectivity index (χ2n) is 6.03. The summed E-state index contributed by atoms with van der Waals surface area (Å²) >= 11 is 0. The molecule has 0 saturated carbocycles. The maximum Gasteiger partial charge on any atom is 0.333 e. The van der Waals surface area contributed by atoms with Gasteiger partial charge in [0.05, 0.1) is 37.8 Å².